The molecule has 5 rings (SSSR count). The van der Waals surface area contributed by atoms with E-state index in [9.17, 15) is 4.79 Å². The van der Waals surface area contributed by atoms with E-state index in [2.05, 4.69) is 15.2 Å². The van der Waals surface area contributed by atoms with E-state index in [1.165, 1.54) is 11.8 Å². The zero-order valence-corrected chi connectivity index (χ0v) is 19.1. The Hall–Kier alpha value is -4.17. The average molecular weight is 469 g/mol. The fourth-order valence-electron chi connectivity index (χ4n) is 3.47. The maximum Gasteiger partial charge on any atom is 0.244 e. The third-order valence-corrected chi connectivity index (χ3v) is 5.99. The van der Waals surface area contributed by atoms with Crippen LogP contribution in [0, 0.1) is 0 Å². The van der Waals surface area contributed by atoms with Gasteiger partial charge in [0.2, 0.25) is 11.1 Å². The Bertz CT molecular complexity index is 1320. The number of carbonyl (C=O) groups excluding carboxylic acids is 1. The van der Waals surface area contributed by atoms with E-state index in [0.717, 1.165) is 11.4 Å². The van der Waals surface area contributed by atoms with Crippen LogP contribution in [0.2, 0.25) is 0 Å². The monoisotopic (exact) mass is 468 g/mol. The highest BCUT2D eigenvalue weighted by Gasteiger charge is 2.26. The molecule has 0 aliphatic carbocycles. The Labute approximate surface area is 200 Å². The molecule has 0 bridgehead atoms. The molecule has 2 aromatic carbocycles. The molecular weight excluding hydrogens is 448 g/mol. The highest BCUT2D eigenvalue weighted by atomic mass is 32.2. The van der Waals surface area contributed by atoms with Crippen molar-refractivity contribution in [2.24, 2.45) is 0 Å². The minimum atomic E-state index is -0.485. The van der Waals surface area contributed by atoms with Crippen LogP contribution in [0.25, 0.3) is 22.9 Å². The molecule has 3 aromatic heterocycles. The SMILES string of the molecule is CC(Sc1nnc(-c2ccco2)c(-c2ccco2)n1)C(=O)N(c1ccccc1)c1ccccc1. The summed E-state index contributed by atoms with van der Waals surface area (Å²) in [6.45, 7) is 1.84. The van der Waals surface area contributed by atoms with Gasteiger partial charge in [0, 0.05) is 11.4 Å². The number of benzene rings is 2. The average Bonchev–Trinajstić information content (AvgIpc) is 3.60. The van der Waals surface area contributed by atoms with Crippen LogP contribution in [0.5, 0.6) is 0 Å². The van der Waals surface area contributed by atoms with E-state index in [1.807, 2.05) is 67.6 Å². The fraction of sp³-hybridized carbons (Fsp3) is 0.0769. The van der Waals surface area contributed by atoms with Crippen LogP contribution in [0.4, 0.5) is 11.4 Å². The topological polar surface area (TPSA) is 85.3 Å². The zero-order chi connectivity index (χ0) is 23.3. The first-order chi connectivity index (χ1) is 16.7. The molecule has 1 amide bonds. The maximum absolute atomic E-state index is 13.6. The Morgan fingerprint density at radius 1 is 0.765 bits per heavy atom. The number of anilines is 2. The van der Waals surface area contributed by atoms with E-state index in [1.54, 1.807) is 41.7 Å². The van der Waals surface area contributed by atoms with Gasteiger partial charge in [-0.3, -0.25) is 9.69 Å². The smallest absolute Gasteiger partial charge is 0.244 e. The fourth-order valence-corrected chi connectivity index (χ4v) is 4.23. The van der Waals surface area contributed by atoms with Crippen LogP contribution in [0.15, 0.2) is 111 Å². The normalized spacial score (nSPS) is 11.8. The molecule has 1 unspecified atom stereocenters. The van der Waals surface area contributed by atoms with Gasteiger partial charge in [-0.2, -0.15) is 0 Å². The number of para-hydroxylation sites is 2. The Morgan fingerprint density at radius 2 is 1.32 bits per heavy atom. The van der Waals surface area contributed by atoms with Crippen molar-refractivity contribution in [2.75, 3.05) is 4.90 Å². The van der Waals surface area contributed by atoms with E-state index in [4.69, 9.17) is 8.83 Å². The van der Waals surface area contributed by atoms with Gasteiger partial charge in [-0.25, -0.2) is 4.98 Å². The van der Waals surface area contributed by atoms with Gasteiger partial charge in [-0.05, 0) is 55.5 Å². The summed E-state index contributed by atoms with van der Waals surface area (Å²) >= 11 is 1.24. The van der Waals surface area contributed by atoms with Crippen molar-refractivity contribution >= 4 is 29.0 Å². The van der Waals surface area contributed by atoms with Gasteiger partial charge in [-0.15, -0.1) is 10.2 Å². The number of hydrogen-bond donors (Lipinski definition) is 0. The van der Waals surface area contributed by atoms with Gasteiger partial charge in [0.1, 0.15) is 5.69 Å². The Balaban J connectivity index is 1.46. The molecular formula is C26H20N4O3S. The third-order valence-electron chi connectivity index (χ3n) is 5.06. The van der Waals surface area contributed by atoms with Gasteiger partial charge in [0.15, 0.2) is 17.2 Å². The first-order valence-electron chi connectivity index (χ1n) is 10.6. The molecule has 0 spiro atoms. The zero-order valence-electron chi connectivity index (χ0n) is 18.2. The number of aromatic nitrogens is 3. The van der Waals surface area contributed by atoms with Crippen LogP contribution in [-0.4, -0.2) is 26.3 Å². The molecule has 5 aromatic rings. The highest BCUT2D eigenvalue weighted by Crippen LogP contribution is 2.33. The molecule has 0 fully saturated rings. The van der Waals surface area contributed by atoms with Crippen molar-refractivity contribution in [3.8, 4) is 22.9 Å². The van der Waals surface area contributed by atoms with Crippen molar-refractivity contribution in [3.05, 3.63) is 97.5 Å². The van der Waals surface area contributed by atoms with E-state index < -0.39 is 5.25 Å². The van der Waals surface area contributed by atoms with E-state index in [0.29, 0.717) is 28.1 Å². The number of thioether (sulfide) groups is 1. The molecule has 34 heavy (non-hydrogen) atoms. The number of hydrogen-bond acceptors (Lipinski definition) is 7. The number of rotatable bonds is 7. The first kappa shape index (κ1) is 21.7. The summed E-state index contributed by atoms with van der Waals surface area (Å²) < 4.78 is 11.1. The van der Waals surface area contributed by atoms with Crippen LogP contribution < -0.4 is 4.90 Å². The second-order valence-corrected chi connectivity index (χ2v) is 8.66. The van der Waals surface area contributed by atoms with Crippen LogP contribution in [-0.2, 0) is 4.79 Å². The van der Waals surface area contributed by atoms with Crippen LogP contribution in [0.3, 0.4) is 0 Å². The molecule has 0 saturated carbocycles. The lowest BCUT2D eigenvalue weighted by Gasteiger charge is -2.25. The van der Waals surface area contributed by atoms with Crippen molar-refractivity contribution in [1.82, 2.24) is 15.2 Å². The summed E-state index contributed by atoms with van der Waals surface area (Å²) in [5.41, 5.74) is 2.54. The predicted octanol–water partition coefficient (Wildman–Crippen LogP) is 6.24. The Kier molecular flexibility index (Phi) is 6.22. The van der Waals surface area contributed by atoms with Crippen molar-refractivity contribution in [3.63, 3.8) is 0 Å². The van der Waals surface area contributed by atoms with Crippen molar-refractivity contribution in [1.29, 1.82) is 0 Å². The van der Waals surface area contributed by atoms with Crippen molar-refractivity contribution < 1.29 is 13.6 Å². The second-order valence-electron chi connectivity index (χ2n) is 7.35. The molecule has 1 atom stereocenters. The van der Waals surface area contributed by atoms with Gasteiger partial charge in [-0.1, -0.05) is 48.2 Å². The lowest BCUT2D eigenvalue weighted by Crippen LogP contribution is -2.32. The standard InChI is InChI=1S/C26H20N4O3S/c1-18(25(31)30(19-10-4-2-5-11-19)20-12-6-3-7-13-20)34-26-27-23(21-14-8-16-32-21)24(28-29-26)22-15-9-17-33-22/h2-18H,1H3. The summed E-state index contributed by atoms with van der Waals surface area (Å²) in [7, 11) is 0. The number of amides is 1. The van der Waals surface area contributed by atoms with E-state index >= 15 is 0 Å². The molecule has 7 nitrogen and oxygen atoms in total. The van der Waals surface area contributed by atoms with Gasteiger partial charge >= 0.3 is 0 Å². The quantitative estimate of drug-likeness (QED) is 0.261. The highest BCUT2D eigenvalue weighted by molar-refractivity contribution is 8.00. The Morgan fingerprint density at radius 3 is 1.85 bits per heavy atom. The molecule has 0 aliphatic heterocycles. The molecule has 0 radical (unpaired) electrons. The number of carbonyl (C=O) groups is 1. The summed E-state index contributed by atoms with van der Waals surface area (Å²) in [6.07, 6.45) is 3.13. The van der Waals surface area contributed by atoms with Crippen molar-refractivity contribution in [2.45, 2.75) is 17.3 Å². The summed E-state index contributed by atoms with van der Waals surface area (Å²) in [4.78, 5) is 20.0. The molecule has 168 valence electrons. The third kappa shape index (κ3) is 4.49. The summed E-state index contributed by atoms with van der Waals surface area (Å²) in [5, 5.41) is 8.48. The van der Waals surface area contributed by atoms with Gasteiger partial charge < -0.3 is 8.83 Å². The summed E-state index contributed by atoms with van der Waals surface area (Å²) in [5.74, 6) is 0.976. The van der Waals surface area contributed by atoms with Gasteiger partial charge in [0.25, 0.3) is 0 Å². The molecule has 0 N–H and O–H groups in total. The lowest BCUT2D eigenvalue weighted by molar-refractivity contribution is -0.117. The number of furan rings is 2. The largest absolute Gasteiger partial charge is 0.463 e. The first-order valence-corrected chi connectivity index (χ1v) is 11.5. The minimum absolute atomic E-state index is 0.0966. The van der Waals surface area contributed by atoms with E-state index in [-0.39, 0.29) is 5.91 Å². The number of nitrogens with zero attached hydrogens (tertiary/aromatic N) is 4. The predicted molar refractivity (Wildman–Crippen MR) is 131 cm³/mol. The lowest BCUT2D eigenvalue weighted by atomic mass is 10.2. The summed E-state index contributed by atoms with van der Waals surface area (Å²) in [6, 6.07) is 26.3. The van der Waals surface area contributed by atoms with Crippen LogP contribution in [0.1, 0.15) is 6.92 Å². The maximum atomic E-state index is 13.6. The minimum Gasteiger partial charge on any atom is -0.463 e. The molecule has 8 heteroatoms. The van der Waals surface area contributed by atoms with Crippen LogP contribution >= 0.6 is 11.8 Å². The molecule has 0 saturated heterocycles. The second kappa shape index (κ2) is 9.76. The molecule has 0 aliphatic rings. The molecule has 3 heterocycles. The van der Waals surface area contributed by atoms with Gasteiger partial charge in [0.05, 0.1) is 17.8 Å².